The molecule has 3 aliphatic heterocycles. The summed E-state index contributed by atoms with van der Waals surface area (Å²) in [6.07, 6.45) is 4.95. The third kappa shape index (κ3) is 2.69. The first-order valence-corrected chi connectivity index (χ1v) is 7.54. The van der Waals surface area contributed by atoms with Crippen molar-refractivity contribution in [3.8, 4) is 0 Å². The van der Waals surface area contributed by atoms with Crippen molar-refractivity contribution in [3.05, 3.63) is 0 Å². The number of piperidine rings is 2. The van der Waals surface area contributed by atoms with Gasteiger partial charge in [0.25, 0.3) is 0 Å². The zero-order valence-electron chi connectivity index (χ0n) is 11.2. The first kappa shape index (κ1) is 12.4. The van der Waals surface area contributed by atoms with Crippen LogP contribution in [-0.4, -0.2) is 61.5 Å². The van der Waals surface area contributed by atoms with Crippen molar-refractivity contribution in [2.75, 3.05) is 45.8 Å². The maximum atomic E-state index is 12.2. The molecule has 0 aromatic carbocycles. The lowest BCUT2D eigenvalue weighted by atomic mass is 9.89. The topological polar surface area (TPSA) is 35.6 Å². The Balaban J connectivity index is 1.48. The molecule has 2 atom stereocenters. The van der Waals surface area contributed by atoms with Crippen LogP contribution < -0.4 is 5.32 Å². The first-order chi connectivity index (χ1) is 8.83. The van der Waals surface area contributed by atoms with Gasteiger partial charge in [-0.25, -0.2) is 0 Å². The van der Waals surface area contributed by atoms with Crippen LogP contribution in [0.4, 0.5) is 0 Å². The number of rotatable bonds is 2. The van der Waals surface area contributed by atoms with E-state index in [9.17, 15) is 4.79 Å². The highest BCUT2D eigenvalue weighted by Crippen LogP contribution is 2.26. The average Bonchev–Trinajstić information content (AvgIpc) is 2.87. The molecule has 102 valence electrons. The monoisotopic (exact) mass is 251 g/mol. The summed E-state index contributed by atoms with van der Waals surface area (Å²) in [5, 5.41) is 3.48. The van der Waals surface area contributed by atoms with E-state index in [0.717, 1.165) is 44.6 Å². The fraction of sp³-hybridized carbons (Fsp3) is 0.929. The quantitative estimate of drug-likeness (QED) is 0.778. The molecule has 0 spiro atoms. The van der Waals surface area contributed by atoms with Crippen LogP contribution in [0.3, 0.4) is 0 Å². The molecule has 3 rings (SSSR count). The Labute approximate surface area is 110 Å². The number of hydrogen-bond donors (Lipinski definition) is 1. The predicted molar refractivity (Wildman–Crippen MR) is 71.3 cm³/mol. The van der Waals surface area contributed by atoms with Gasteiger partial charge in [-0.15, -0.1) is 0 Å². The Bertz CT molecular complexity index is 301. The van der Waals surface area contributed by atoms with Crippen molar-refractivity contribution in [1.29, 1.82) is 0 Å². The Hall–Kier alpha value is -0.610. The van der Waals surface area contributed by atoms with Crippen molar-refractivity contribution in [2.45, 2.75) is 25.7 Å². The molecule has 0 aromatic heterocycles. The minimum absolute atomic E-state index is 0.360. The van der Waals surface area contributed by atoms with Gasteiger partial charge in [-0.3, -0.25) is 9.69 Å². The van der Waals surface area contributed by atoms with Gasteiger partial charge in [-0.1, -0.05) is 0 Å². The van der Waals surface area contributed by atoms with Gasteiger partial charge >= 0.3 is 0 Å². The third-order valence-electron chi connectivity index (χ3n) is 4.86. The van der Waals surface area contributed by atoms with E-state index in [-0.39, 0.29) is 0 Å². The molecule has 3 saturated heterocycles. The number of amides is 1. The summed E-state index contributed by atoms with van der Waals surface area (Å²) >= 11 is 0. The van der Waals surface area contributed by atoms with Crippen LogP contribution in [0.2, 0.25) is 0 Å². The van der Waals surface area contributed by atoms with Crippen LogP contribution >= 0.6 is 0 Å². The van der Waals surface area contributed by atoms with Crippen molar-refractivity contribution in [1.82, 2.24) is 15.1 Å². The minimum Gasteiger partial charge on any atom is -0.342 e. The number of carbonyl (C=O) groups excluding carboxylic acids is 1. The van der Waals surface area contributed by atoms with Gasteiger partial charge in [0.1, 0.15) is 0 Å². The minimum atomic E-state index is 0.360. The van der Waals surface area contributed by atoms with Crippen LogP contribution in [0.25, 0.3) is 0 Å². The van der Waals surface area contributed by atoms with Gasteiger partial charge in [0.2, 0.25) is 5.91 Å². The van der Waals surface area contributed by atoms with Crippen LogP contribution in [-0.2, 0) is 4.79 Å². The molecule has 0 aromatic rings. The second-order valence-corrected chi connectivity index (χ2v) is 6.14. The van der Waals surface area contributed by atoms with Gasteiger partial charge in [0.05, 0.1) is 6.54 Å². The SMILES string of the molecule is O=C(CN1CCC2CNCC2C1)N1CCCCC1. The van der Waals surface area contributed by atoms with E-state index in [0.29, 0.717) is 12.5 Å². The molecule has 2 unspecified atom stereocenters. The average molecular weight is 251 g/mol. The summed E-state index contributed by atoms with van der Waals surface area (Å²) in [5.41, 5.74) is 0. The summed E-state index contributed by atoms with van der Waals surface area (Å²) in [6.45, 7) is 7.21. The molecule has 3 heterocycles. The van der Waals surface area contributed by atoms with E-state index in [1.807, 2.05) is 0 Å². The van der Waals surface area contributed by atoms with E-state index < -0.39 is 0 Å². The number of hydrogen-bond acceptors (Lipinski definition) is 3. The van der Waals surface area contributed by atoms with Crippen LogP contribution in [0.5, 0.6) is 0 Å². The Kier molecular flexibility index (Phi) is 3.85. The van der Waals surface area contributed by atoms with E-state index >= 15 is 0 Å². The van der Waals surface area contributed by atoms with Crippen LogP contribution in [0, 0.1) is 11.8 Å². The fourth-order valence-electron chi connectivity index (χ4n) is 3.69. The number of carbonyl (C=O) groups is 1. The highest BCUT2D eigenvalue weighted by atomic mass is 16.2. The highest BCUT2D eigenvalue weighted by molar-refractivity contribution is 5.78. The molecule has 0 saturated carbocycles. The van der Waals surface area contributed by atoms with E-state index in [1.165, 1.54) is 32.2 Å². The molecule has 4 heteroatoms. The zero-order chi connectivity index (χ0) is 12.4. The van der Waals surface area contributed by atoms with E-state index in [4.69, 9.17) is 0 Å². The van der Waals surface area contributed by atoms with Crippen LogP contribution in [0.15, 0.2) is 0 Å². The Morgan fingerprint density at radius 1 is 1.06 bits per heavy atom. The number of nitrogens with zero attached hydrogens (tertiary/aromatic N) is 2. The summed E-state index contributed by atoms with van der Waals surface area (Å²) in [4.78, 5) is 16.7. The predicted octanol–water partition coefficient (Wildman–Crippen LogP) is 0.540. The molecule has 0 bridgehead atoms. The fourth-order valence-corrected chi connectivity index (χ4v) is 3.69. The summed E-state index contributed by atoms with van der Waals surface area (Å²) in [7, 11) is 0. The molecule has 1 amide bonds. The lowest BCUT2D eigenvalue weighted by molar-refractivity contribution is -0.133. The van der Waals surface area contributed by atoms with Crippen molar-refractivity contribution in [2.24, 2.45) is 11.8 Å². The molecule has 4 nitrogen and oxygen atoms in total. The van der Waals surface area contributed by atoms with Gasteiger partial charge in [-0.2, -0.15) is 0 Å². The molecule has 3 aliphatic rings. The maximum absolute atomic E-state index is 12.2. The van der Waals surface area contributed by atoms with Gasteiger partial charge < -0.3 is 10.2 Å². The molecule has 18 heavy (non-hydrogen) atoms. The second kappa shape index (κ2) is 5.57. The second-order valence-electron chi connectivity index (χ2n) is 6.14. The standard InChI is InChI=1S/C14H25N3O/c18-14(17-5-2-1-3-6-17)11-16-7-4-12-8-15-9-13(12)10-16/h12-13,15H,1-11H2. The number of likely N-dealkylation sites (tertiary alicyclic amines) is 2. The van der Waals surface area contributed by atoms with Crippen molar-refractivity contribution >= 4 is 5.91 Å². The largest absolute Gasteiger partial charge is 0.342 e. The van der Waals surface area contributed by atoms with Crippen molar-refractivity contribution in [3.63, 3.8) is 0 Å². The lowest BCUT2D eigenvalue weighted by Gasteiger charge is -2.36. The lowest BCUT2D eigenvalue weighted by Crippen LogP contribution is -2.47. The molecule has 0 aliphatic carbocycles. The van der Waals surface area contributed by atoms with Gasteiger partial charge in [-0.05, 0) is 57.2 Å². The van der Waals surface area contributed by atoms with Crippen LogP contribution in [0.1, 0.15) is 25.7 Å². The Morgan fingerprint density at radius 3 is 2.67 bits per heavy atom. The summed E-state index contributed by atoms with van der Waals surface area (Å²) in [6, 6.07) is 0. The summed E-state index contributed by atoms with van der Waals surface area (Å²) in [5.74, 6) is 2.01. The zero-order valence-corrected chi connectivity index (χ0v) is 11.2. The number of nitrogens with one attached hydrogen (secondary N) is 1. The maximum Gasteiger partial charge on any atom is 0.236 e. The normalized spacial score (nSPS) is 33.4. The Morgan fingerprint density at radius 2 is 1.83 bits per heavy atom. The molecule has 3 fully saturated rings. The smallest absolute Gasteiger partial charge is 0.236 e. The molecule has 0 radical (unpaired) electrons. The van der Waals surface area contributed by atoms with E-state index in [1.54, 1.807) is 0 Å². The molecule has 1 N–H and O–H groups in total. The molecular formula is C14H25N3O. The van der Waals surface area contributed by atoms with E-state index in [2.05, 4.69) is 15.1 Å². The number of fused-ring (bicyclic) bond motifs is 1. The molecular weight excluding hydrogens is 226 g/mol. The summed E-state index contributed by atoms with van der Waals surface area (Å²) < 4.78 is 0. The third-order valence-corrected chi connectivity index (χ3v) is 4.86. The first-order valence-electron chi connectivity index (χ1n) is 7.54. The highest BCUT2D eigenvalue weighted by Gasteiger charge is 2.33. The van der Waals surface area contributed by atoms with Gasteiger partial charge in [0, 0.05) is 19.6 Å². The van der Waals surface area contributed by atoms with Gasteiger partial charge in [0.15, 0.2) is 0 Å². The van der Waals surface area contributed by atoms with Crippen molar-refractivity contribution < 1.29 is 4.79 Å².